The second-order valence-electron chi connectivity index (χ2n) is 5.00. The minimum atomic E-state index is -0.0717. The number of carbonyl (C=O) groups excluding carboxylic acids is 1. The summed E-state index contributed by atoms with van der Waals surface area (Å²) in [5.74, 6) is 1.28. The first-order valence-electron chi connectivity index (χ1n) is 7.73. The van der Waals surface area contributed by atoms with E-state index in [0.29, 0.717) is 50.0 Å². The lowest BCUT2D eigenvalue weighted by molar-refractivity contribution is -0.117. The number of carbonyl (C=O) groups is 1. The van der Waals surface area contributed by atoms with E-state index >= 15 is 0 Å². The molecule has 0 radical (unpaired) electrons. The van der Waals surface area contributed by atoms with E-state index in [4.69, 9.17) is 14.2 Å². The van der Waals surface area contributed by atoms with Crippen LogP contribution in [0.1, 0.15) is 20.3 Å². The lowest BCUT2D eigenvalue weighted by Gasteiger charge is -2.23. The maximum absolute atomic E-state index is 12.2. The van der Waals surface area contributed by atoms with Gasteiger partial charge in [0.15, 0.2) is 0 Å². The van der Waals surface area contributed by atoms with Crippen LogP contribution in [0.5, 0.6) is 11.5 Å². The summed E-state index contributed by atoms with van der Waals surface area (Å²) in [6, 6.07) is 5.49. The Morgan fingerprint density at radius 3 is 2.86 bits per heavy atom. The minimum Gasteiger partial charge on any atom is -0.494 e. The standard InChI is InChI=1S/C16H24N2O4/c1-3-21-13-5-6-15(22-4-2)14(10-13)18-16(19)9-12-11-20-8-7-17-12/h5-6,10,12,17H,3-4,7-9,11H2,1-2H3,(H,18,19). The zero-order chi connectivity index (χ0) is 15.8. The lowest BCUT2D eigenvalue weighted by Crippen LogP contribution is -2.43. The third kappa shape index (κ3) is 4.89. The van der Waals surface area contributed by atoms with Gasteiger partial charge in [-0.2, -0.15) is 0 Å². The molecule has 0 bridgehead atoms. The van der Waals surface area contributed by atoms with Crippen molar-refractivity contribution in [3.8, 4) is 11.5 Å². The molecule has 2 N–H and O–H groups in total. The zero-order valence-corrected chi connectivity index (χ0v) is 13.2. The van der Waals surface area contributed by atoms with Crippen LogP contribution in [0, 0.1) is 0 Å². The van der Waals surface area contributed by atoms with E-state index < -0.39 is 0 Å². The number of anilines is 1. The molecule has 22 heavy (non-hydrogen) atoms. The molecule has 1 fully saturated rings. The van der Waals surface area contributed by atoms with Crippen molar-refractivity contribution in [2.75, 3.05) is 38.3 Å². The Kier molecular flexibility index (Phi) is 6.48. The highest BCUT2D eigenvalue weighted by Crippen LogP contribution is 2.29. The van der Waals surface area contributed by atoms with Gasteiger partial charge in [-0.25, -0.2) is 0 Å². The van der Waals surface area contributed by atoms with Crippen molar-refractivity contribution < 1.29 is 19.0 Å². The molecule has 1 aliphatic heterocycles. The van der Waals surface area contributed by atoms with Crippen molar-refractivity contribution in [3.05, 3.63) is 18.2 Å². The summed E-state index contributed by atoms with van der Waals surface area (Å²) in [5.41, 5.74) is 0.634. The van der Waals surface area contributed by atoms with Gasteiger partial charge in [0.2, 0.25) is 5.91 Å². The summed E-state index contributed by atoms with van der Waals surface area (Å²) in [6.07, 6.45) is 0.366. The second kappa shape index (κ2) is 8.60. The Morgan fingerprint density at radius 2 is 2.18 bits per heavy atom. The number of benzene rings is 1. The number of nitrogens with one attached hydrogen (secondary N) is 2. The molecule has 1 aromatic carbocycles. The van der Waals surface area contributed by atoms with Crippen molar-refractivity contribution in [1.29, 1.82) is 0 Å². The molecule has 1 atom stereocenters. The quantitative estimate of drug-likeness (QED) is 0.804. The van der Waals surface area contributed by atoms with Gasteiger partial charge in [0, 0.05) is 25.1 Å². The van der Waals surface area contributed by atoms with Gasteiger partial charge in [-0.05, 0) is 26.0 Å². The molecule has 0 saturated carbocycles. The summed E-state index contributed by atoms with van der Waals surface area (Å²) in [6.45, 7) is 6.98. The number of amides is 1. The Hall–Kier alpha value is -1.79. The highest BCUT2D eigenvalue weighted by molar-refractivity contribution is 5.93. The van der Waals surface area contributed by atoms with Crippen LogP contribution in [0.2, 0.25) is 0 Å². The predicted molar refractivity (Wildman–Crippen MR) is 84.6 cm³/mol. The molecule has 0 aromatic heterocycles. The minimum absolute atomic E-state index is 0.0550. The van der Waals surface area contributed by atoms with Crippen molar-refractivity contribution in [1.82, 2.24) is 5.32 Å². The number of ether oxygens (including phenoxy) is 3. The summed E-state index contributed by atoms with van der Waals surface area (Å²) in [5, 5.41) is 6.17. The first-order valence-corrected chi connectivity index (χ1v) is 7.73. The van der Waals surface area contributed by atoms with Gasteiger partial charge < -0.3 is 24.8 Å². The summed E-state index contributed by atoms with van der Waals surface area (Å²) in [4.78, 5) is 12.2. The number of hydrogen-bond donors (Lipinski definition) is 2. The van der Waals surface area contributed by atoms with Crippen molar-refractivity contribution >= 4 is 11.6 Å². The van der Waals surface area contributed by atoms with Crippen LogP contribution in [0.3, 0.4) is 0 Å². The van der Waals surface area contributed by atoms with Crippen LogP contribution in [0.4, 0.5) is 5.69 Å². The molecule has 6 nitrogen and oxygen atoms in total. The van der Waals surface area contributed by atoms with Crippen molar-refractivity contribution in [2.24, 2.45) is 0 Å². The fourth-order valence-corrected chi connectivity index (χ4v) is 2.32. The first-order chi connectivity index (χ1) is 10.7. The Morgan fingerprint density at radius 1 is 1.36 bits per heavy atom. The average molecular weight is 308 g/mol. The van der Waals surface area contributed by atoms with E-state index in [1.54, 1.807) is 6.07 Å². The zero-order valence-electron chi connectivity index (χ0n) is 13.2. The molecule has 1 amide bonds. The summed E-state index contributed by atoms with van der Waals surface area (Å²) in [7, 11) is 0. The van der Waals surface area contributed by atoms with Gasteiger partial charge >= 0.3 is 0 Å². The Bertz CT molecular complexity index is 487. The van der Waals surface area contributed by atoms with E-state index in [2.05, 4.69) is 10.6 Å². The fourth-order valence-electron chi connectivity index (χ4n) is 2.32. The Labute approximate surface area is 131 Å². The van der Waals surface area contributed by atoms with Gasteiger partial charge in [-0.15, -0.1) is 0 Å². The number of morpholine rings is 1. The summed E-state index contributed by atoms with van der Waals surface area (Å²) >= 11 is 0. The van der Waals surface area contributed by atoms with Crippen molar-refractivity contribution in [3.63, 3.8) is 0 Å². The van der Waals surface area contributed by atoms with E-state index in [9.17, 15) is 4.79 Å². The van der Waals surface area contributed by atoms with Gasteiger partial charge in [-0.3, -0.25) is 4.79 Å². The first kappa shape index (κ1) is 16.6. The molecule has 0 aliphatic carbocycles. The molecule has 1 aliphatic rings. The smallest absolute Gasteiger partial charge is 0.226 e. The van der Waals surface area contributed by atoms with Crippen LogP contribution in [0.15, 0.2) is 18.2 Å². The van der Waals surface area contributed by atoms with Gasteiger partial charge in [-0.1, -0.05) is 0 Å². The normalized spacial score (nSPS) is 17.8. The molecule has 1 aromatic rings. The monoisotopic (exact) mass is 308 g/mol. The third-order valence-corrected chi connectivity index (χ3v) is 3.27. The SMILES string of the molecule is CCOc1ccc(OCC)c(NC(=O)CC2COCCN2)c1. The molecular weight excluding hydrogens is 284 g/mol. The average Bonchev–Trinajstić information content (AvgIpc) is 2.51. The van der Waals surface area contributed by atoms with Crippen LogP contribution >= 0.6 is 0 Å². The molecule has 1 saturated heterocycles. The van der Waals surface area contributed by atoms with Crippen LogP contribution in [-0.4, -0.2) is 44.9 Å². The third-order valence-electron chi connectivity index (χ3n) is 3.27. The molecular formula is C16H24N2O4. The van der Waals surface area contributed by atoms with Gasteiger partial charge in [0.25, 0.3) is 0 Å². The summed E-state index contributed by atoms with van der Waals surface area (Å²) < 4.78 is 16.4. The maximum Gasteiger partial charge on any atom is 0.226 e. The van der Waals surface area contributed by atoms with Crippen LogP contribution in [-0.2, 0) is 9.53 Å². The molecule has 1 heterocycles. The highest BCUT2D eigenvalue weighted by Gasteiger charge is 2.18. The van der Waals surface area contributed by atoms with Crippen LogP contribution in [0.25, 0.3) is 0 Å². The lowest BCUT2D eigenvalue weighted by atomic mass is 10.2. The fraction of sp³-hybridized carbons (Fsp3) is 0.562. The van der Waals surface area contributed by atoms with Gasteiger partial charge in [0.1, 0.15) is 11.5 Å². The van der Waals surface area contributed by atoms with Crippen molar-refractivity contribution in [2.45, 2.75) is 26.3 Å². The molecule has 122 valence electrons. The number of rotatable bonds is 7. The predicted octanol–water partition coefficient (Wildman–Crippen LogP) is 1.80. The molecule has 6 heteroatoms. The van der Waals surface area contributed by atoms with Crippen LogP contribution < -0.4 is 20.1 Å². The second-order valence-corrected chi connectivity index (χ2v) is 5.00. The van der Waals surface area contributed by atoms with E-state index in [-0.39, 0.29) is 11.9 Å². The highest BCUT2D eigenvalue weighted by atomic mass is 16.5. The molecule has 1 unspecified atom stereocenters. The van der Waals surface area contributed by atoms with Gasteiger partial charge in [0.05, 0.1) is 32.1 Å². The van der Waals surface area contributed by atoms with E-state index in [1.165, 1.54) is 0 Å². The topological polar surface area (TPSA) is 68.8 Å². The van der Waals surface area contributed by atoms with E-state index in [1.807, 2.05) is 26.0 Å². The molecule has 2 rings (SSSR count). The Balaban J connectivity index is 2.01. The largest absolute Gasteiger partial charge is 0.494 e. The maximum atomic E-state index is 12.2. The number of hydrogen-bond acceptors (Lipinski definition) is 5. The van der Waals surface area contributed by atoms with E-state index in [0.717, 1.165) is 6.54 Å². The molecule has 0 spiro atoms.